The zero-order chi connectivity index (χ0) is 14.5. The van der Waals surface area contributed by atoms with E-state index in [4.69, 9.17) is 0 Å². The molecule has 1 heterocycles. The first-order chi connectivity index (χ1) is 8.76. The van der Waals surface area contributed by atoms with E-state index in [2.05, 4.69) is 17.2 Å². The lowest BCUT2D eigenvalue weighted by Crippen LogP contribution is -2.31. The van der Waals surface area contributed by atoms with Crippen LogP contribution in [0.15, 0.2) is 12.5 Å². The first-order valence-electron chi connectivity index (χ1n) is 6.70. The third kappa shape index (κ3) is 4.95. The van der Waals surface area contributed by atoms with Crippen LogP contribution < -0.4 is 5.32 Å². The summed E-state index contributed by atoms with van der Waals surface area (Å²) >= 11 is 0. The van der Waals surface area contributed by atoms with Crippen LogP contribution in [-0.2, 0) is 22.8 Å². The van der Waals surface area contributed by atoms with Crippen molar-refractivity contribution in [2.45, 2.75) is 45.4 Å². The van der Waals surface area contributed by atoms with Gasteiger partial charge in [0.1, 0.15) is 0 Å². The van der Waals surface area contributed by atoms with Crippen molar-refractivity contribution < 1.29 is 8.42 Å². The van der Waals surface area contributed by atoms with Crippen molar-refractivity contribution >= 4 is 9.84 Å². The van der Waals surface area contributed by atoms with Crippen LogP contribution in [-0.4, -0.2) is 41.6 Å². The Kier molecular flexibility index (Phi) is 5.55. The Morgan fingerprint density at radius 1 is 1.37 bits per heavy atom. The number of imidazole rings is 1. The number of sulfone groups is 1. The highest BCUT2D eigenvalue weighted by Crippen LogP contribution is 2.16. The number of aryl methyl sites for hydroxylation is 1. The van der Waals surface area contributed by atoms with E-state index in [9.17, 15) is 8.42 Å². The monoisotopic (exact) mass is 287 g/mol. The van der Waals surface area contributed by atoms with Crippen molar-refractivity contribution in [3.05, 3.63) is 18.2 Å². The SMILES string of the molecule is CCNCCc1cn(CCS(=O)(=O)C(C)(C)C)cn1. The molecule has 1 aromatic heterocycles. The molecule has 0 saturated heterocycles. The van der Waals surface area contributed by atoms with Crippen molar-refractivity contribution in [1.29, 1.82) is 0 Å². The molecule has 0 unspecified atom stereocenters. The van der Waals surface area contributed by atoms with Crippen LogP contribution in [0.2, 0.25) is 0 Å². The number of likely N-dealkylation sites (N-methyl/N-ethyl adjacent to an activating group) is 1. The van der Waals surface area contributed by atoms with Gasteiger partial charge in [0.05, 0.1) is 22.5 Å². The number of nitrogens with one attached hydrogen (secondary N) is 1. The summed E-state index contributed by atoms with van der Waals surface area (Å²) in [7, 11) is -3.07. The van der Waals surface area contributed by atoms with Gasteiger partial charge in [-0.3, -0.25) is 0 Å². The van der Waals surface area contributed by atoms with Crippen LogP contribution >= 0.6 is 0 Å². The quantitative estimate of drug-likeness (QED) is 0.767. The maximum atomic E-state index is 12.0. The molecular formula is C13H25N3O2S. The van der Waals surface area contributed by atoms with E-state index < -0.39 is 14.6 Å². The van der Waals surface area contributed by atoms with Gasteiger partial charge in [-0.2, -0.15) is 0 Å². The van der Waals surface area contributed by atoms with E-state index >= 15 is 0 Å². The molecule has 0 spiro atoms. The Morgan fingerprint density at radius 3 is 2.63 bits per heavy atom. The van der Waals surface area contributed by atoms with Gasteiger partial charge in [-0.15, -0.1) is 0 Å². The predicted molar refractivity (Wildman–Crippen MR) is 78.0 cm³/mol. The van der Waals surface area contributed by atoms with Gasteiger partial charge in [-0.05, 0) is 27.3 Å². The normalized spacial score (nSPS) is 12.8. The third-order valence-corrected chi connectivity index (χ3v) is 5.63. The average molecular weight is 287 g/mol. The second-order valence-corrected chi connectivity index (χ2v) is 8.50. The largest absolute Gasteiger partial charge is 0.336 e. The smallest absolute Gasteiger partial charge is 0.156 e. The number of hydrogen-bond donors (Lipinski definition) is 1. The highest BCUT2D eigenvalue weighted by atomic mass is 32.2. The van der Waals surface area contributed by atoms with Crippen LogP contribution in [0.5, 0.6) is 0 Å². The van der Waals surface area contributed by atoms with Gasteiger partial charge in [0.2, 0.25) is 0 Å². The van der Waals surface area contributed by atoms with Gasteiger partial charge in [0, 0.05) is 25.7 Å². The summed E-state index contributed by atoms with van der Waals surface area (Å²) in [5, 5.41) is 3.24. The van der Waals surface area contributed by atoms with E-state index in [1.165, 1.54) is 0 Å². The first kappa shape index (κ1) is 16.2. The van der Waals surface area contributed by atoms with Gasteiger partial charge in [0.15, 0.2) is 9.84 Å². The minimum atomic E-state index is -3.07. The second kappa shape index (κ2) is 6.52. The van der Waals surface area contributed by atoms with Crippen LogP contribution in [0.3, 0.4) is 0 Å². The van der Waals surface area contributed by atoms with Gasteiger partial charge in [-0.25, -0.2) is 13.4 Å². The molecule has 0 amide bonds. The first-order valence-corrected chi connectivity index (χ1v) is 8.35. The molecule has 0 bridgehead atoms. The number of hydrogen-bond acceptors (Lipinski definition) is 4. The fraction of sp³-hybridized carbons (Fsp3) is 0.769. The molecule has 5 nitrogen and oxygen atoms in total. The Labute approximate surface area is 116 Å². The summed E-state index contributed by atoms with van der Waals surface area (Å²) < 4.78 is 25.2. The molecule has 1 N–H and O–H groups in total. The molecule has 0 aliphatic heterocycles. The number of aromatic nitrogens is 2. The summed E-state index contributed by atoms with van der Waals surface area (Å²) in [6.45, 7) is 9.58. The molecule has 1 aromatic rings. The summed E-state index contributed by atoms with van der Waals surface area (Å²) in [4.78, 5) is 4.28. The van der Waals surface area contributed by atoms with Crippen LogP contribution in [0.25, 0.3) is 0 Å². The maximum Gasteiger partial charge on any atom is 0.156 e. The minimum absolute atomic E-state index is 0.152. The lowest BCUT2D eigenvalue weighted by atomic mass is 10.3. The fourth-order valence-corrected chi connectivity index (χ4v) is 2.65. The molecule has 1 rings (SSSR count). The van der Waals surface area contributed by atoms with Crippen molar-refractivity contribution in [3.63, 3.8) is 0 Å². The topological polar surface area (TPSA) is 64.0 Å². The molecule has 0 radical (unpaired) electrons. The van der Waals surface area contributed by atoms with Gasteiger partial charge in [-0.1, -0.05) is 6.92 Å². The summed E-state index contributed by atoms with van der Waals surface area (Å²) in [6.07, 6.45) is 4.50. The zero-order valence-corrected chi connectivity index (χ0v) is 13.1. The Hall–Kier alpha value is -0.880. The van der Waals surface area contributed by atoms with E-state index in [1.807, 2.05) is 10.8 Å². The van der Waals surface area contributed by atoms with E-state index in [0.29, 0.717) is 6.54 Å². The molecule has 110 valence electrons. The predicted octanol–water partition coefficient (Wildman–Crippen LogP) is 1.25. The second-order valence-electron chi connectivity index (χ2n) is 5.64. The van der Waals surface area contributed by atoms with E-state index in [-0.39, 0.29) is 5.75 Å². The third-order valence-electron chi connectivity index (χ3n) is 3.05. The molecule has 0 aliphatic carbocycles. The number of nitrogens with zero attached hydrogens (tertiary/aromatic N) is 2. The lowest BCUT2D eigenvalue weighted by Gasteiger charge is -2.19. The van der Waals surface area contributed by atoms with Crippen molar-refractivity contribution in [2.24, 2.45) is 0 Å². The number of rotatable bonds is 7. The molecule has 0 atom stereocenters. The van der Waals surface area contributed by atoms with Crippen LogP contribution in [0.1, 0.15) is 33.4 Å². The zero-order valence-electron chi connectivity index (χ0n) is 12.3. The Morgan fingerprint density at radius 2 is 2.05 bits per heavy atom. The van der Waals surface area contributed by atoms with Gasteiger partial charge < -0.3 is 9.88 Å². The molecular weight excluding hydrogens is 262 g/mol. The van der Waals surface area contributed by atoms with Crippen molar-refractivity contribution in [3.8, 4) is 0 Å². The highest BCUT2D eigenvalue weighted by Gasteiger charge is 2.28. The molecule has 0 aromatic carbocycles. The molecule has 19 heavy (non-hydrogen) atoms. The Balaban J connectivity index is 2.51. The Bertz CT molecular complexity index is 486. The highest BCUT2D eigenvalue weighted by molar-refractivity contribution is 7.92. The maximum absolute atomic E-state index is 12.0. The molecule has 0 fully saturated rings. The van der Waals surface area contributed by atoms with E-state index in [0.717, 1.165) is 25.2 Å². The van der Waals surface area contributed by atoms with Gasteiger partial charge in [0.25, 0.3) is 0 Å². The molecule has 6 heteroatoms. The van der Waals surface area contributed by atoms with Gasteiger partial charge >= 0.3 is 0 Å². The summed E-state index contributed by atoms with van der Waals surface area (Å²) in [5.41, 5.74) is 0.995. The molecule has 0 saturated carbocycles. The minimum Gasteiger partial charge on any atom is -0.336 e. The summed E-state index contributed by atoms with van der Waals surface area (Å²) in [6, 6.07) is 0. The molecule has 0 aliphatic rings. The van der Waals surface area contributed by atoms with E-state index in [1.54, 1.807) is 27.1 Å². The summed E-state index contributed by atoms with van der Waals surface area (Å²) in [5.74, 6) is 0.152. The van der Waals surface area contributed by atoms with Crippen LogP contribution in [0, 0.1) is 0 Å². The standard InChI is InChI=1S/C13H25N3O2S/c1-5-14-7-6-12-10-16(11-15-12)8-9-19(17,18)13(2,3)4/h10-11,14H,5-9H2,1-4H3. The average Bonchev–Trinajstić information content (AvgIpc) is 2.73. The van der Waals surface area contributed by atoms with Crippen molar-refractivity contribution in [1.82, 2.24) is 14.9 Å². The lowest BCUT2D eigenvalue weighted by molar-refractivity contribution is 0.553. The fourth-order valence-electron chi connectivity index (χ4n) is 1.58. The van der Waals surface area contributed by atoms with Crippen LogP contribution in [0.4, 0.5) is 0 Å². The van der Waals surface area contributed by atoms with Crippen molar-refractivity contribution in [2.75, 3.05) is 18.8 Å².